The van der Waals surface area contributed by atoms with E-state index in [2.05, 4.69) is 4.65 Å². The molecule has 2 N–H and O–H groups in total. The van der Waals surface area contributed by atoms with E-state index in [0.29, 0.717) is 0 Å². The van der Waals surface area contributed by atoms with E-state index in [1.807, 2.05) is 0 Å². The third kappa shape index (κ3) is 3.14. The lowest BCUT2D eigenvalue weighted by atomic mass is 10.1. The molecule has 0 radical (unpaired) electrons. The van der Waals surface area contributed by atoms with E-state index in [1.54, 1.807) is 0 Å². The van der Waals surface area contributed by atoms with Crippen LogP contribution in [0.5, 0.6) is 5.75 Å². The van der Waals surface area contributed by atoms with Crippen LogP contribution < -0.4 is 4.65 Å². The number of halogens is 3. The highest BCUT2D eigenvalue weighted by molar-refractivity contribution is 6.33. The van der Waals surface area contributed by atoms with Crippen LogP contribution in [0, 0.1) is 6.92 Å². The van der Waals surface area contributed by atoms with Crippen LogP contribution in [0.2, 0.25) is 0 Å². The second-order valence-corrected chi connectivity index (χ2v) is 2.92. The number of aryl methyl sites for hydroxylation is 1. The standard InChI is InChI=1S/C8H8BF3O3/c1-5-2-3-6(15-9(13)14)4-7(5)8(10,11)12/h2-4,13-14H,1H3. The first kappa shape index (κ1) is 11.9. The molecule has 0 saturated heterocycles. The Hall–Kier alpha value is -1.21. The minimum atomic E-state index is -4.48. The molecule has 0 unspecified atom stereocenters. The molecular formula is C8H8BF3O3. The van der Waals surface area contributed by atoms with Gasteiger partial charge in [-0.05, 0) is 24.6 Å². The van der Waals surface area contributed by atoms with Crippen molar-refractivity contribution in [2.45, 2.75) is 13.1 Å². The summed E-state index contributed by atoms with van der Waals surface area (Å²) in [7, 11) is -2.13. The van der Waals surface area contributed by atoms with Gasteiger partial charge in [0, 0.05) is 0 Å². The number of rotatable bonds is 2. The van der Waals surface area contributed by atoms with Gasteiger partial charge in [-0.3, -0.25) is 0 Å². The van der Waals surface area contributed by atoms with Gasteiger partial charge in [0.2, 0.25) is 0 Å². The summed E-state index contributed by atoms with van der Waals surface area (Å²) < 4.78 is 41.5. The summed E-state index contributed by atoms with van der Waals surface area (Å²) in [4.78, 5) is 0. The monoisotopic (exact) mass is 220 g/mol. The van der Waals surface area contributed by atoms with Crippen molar-refractivity contribution >= 4 is 7.32 Å². The Bertz CT molecular complexity index is 351. The number of hydrogen-bond donors (Lipinski definition) is 2. The molecular weight excluding hydrogens is 212 g/mol. The highest BCUT2D eigenvalue weighted by atomic mass is 19.4. The maximum atomic E-state index is 12.4. The second-order valence-electron chi connectivity index (χ2n) is 2.92. The van der Waals surface area contributed by atoms with Gasteiger partial charge in [-0.2, -0.15) is 13.2 Å². The molecule has 0 aliphatic carbocycles. The predicted molar refractivity (Wildman–Crippen MR) is 47.0 cm³/mol. The predicted octanol–water partition coefficient (Wildman–Crippen LogP) is 1.36. The third-order valence-corrected chi connectivity index (χ3v) is 1.76. The van der Waals surface area contributed by atoms with Crippen molar-refractivity contribution in [2.75, 3.05) is 0 Å². The molecule has 0 spiro atoms. The van der Waals surface area contributed by atoms with Crippen LogP contribution in [-0.4, -0.2) is 17.4 Å². The maximum Gasteiger partial charge on any atom is 0.707 e. The van der Waals surface area contributed by atoms with Crippen LogP contribution in [-0.2, 0) is 6.18 Å². The van der Waals surface area contributed by atoms with E-state index in [4.69, 9.17) is 10.0 Å². The van der Waals surface area contributed by atoms with Gasteiger partial charge in [0.05, 0.1) is 5.56 Å². The Morgan fingerprint density at radius 3 is 2.33 bits per heavy atom. The summed E-state index contributed by atoms with van der Waals surface area (Å²) in [6, 6.07) is 3.14. The van der Waals surface area contributed by atoms with Gasteiger partial charge in [0.1, 0.15) is 5.75 Å². The van der Waals surface area contributed by atoms with E-state index in [1.165, 1.54) is 19.1 Å². The Morgan fingerprint density at radius 2 is 1.87 bits per heavy atom. The molecule has 1 rings (SSSR count). The SMILES string of the molecule is Cc1ccc(OB(O)O)cc1C(F)(F)F. The van der Waals surface area contributed by atoms with Crippen molar-refractivity contribution in [3.63, 3.8) is 0 Å². The molecule has 0 aliphatic rings. The zero-order valence-electron chi connectivity index (χ0n) is 7.75. The van der Waals surface area contributed by atoms with Crippen molar-refractivity contribution in [1.82, 2.24) is 0 Å². The molecule has 3 nitrogen and oxygen atoms in total. The highest BCUT2D eigenvalue weighted by Gasteiger charge is 2.32. The van der Waals surface area contributed by atoms with Gasteiger partial charge >= 0.3 is 13.5 Å². The lowest BCUT2D eigenvalue weighted by Crippen LogP contribution is -2.21. The lowest BCUT2D eigenvalue weighted by molar-refractivity contribution is -0.138. The maximum absolute atomic E-state index is 12.4. The molecule has 0 saturated carbocycles. The van der Waals surface area contributed by atoms with Crippen molar-refractivity contribution in [3.05, 3.63) is 29.3 Å². The second kappa shape index (κ2) is 4.12. The van der Waals surface area contributed by atoms with E-state index in [9.17, 15) is 13.2 Å². The zero-order valence-corrected chi connectivity index (χ0v) is 7.75. The molecule has 0 bridgehead atoms. The van der Waals surface area contributed by atoms with E-state index >= 15 is 0 Å². The summed E-state index contributed by atoms with van der Waals surface area (Å²) in [6.07, 6.45) is -4.48. The number of alkyl halides is 3. The van der Waals surface area contributed by atoms with Gasteiger partial charge in [-0.1, -0.05) is 6.07 Å². The fourth-order valence-corrected chi connectivity index (χ4v) is 1.10. The van der Waals surface area contributed by atoms with Crippen LogP contribution in [0.4, 0.5) is 13.2 Å². The first-order valence-electron chi connectivity index (χ1n) is 4.01. The minimum Gasteiger partial charge on any atom is -0.512 e. The van der Waals surface area contributed by atoms with Crippen LogP contribution in [0.15, 0.2) is 18.2 Å². The topological polar surface area (TPSA) is 49.7 Å². The smallest absolute Gasteiger partial charge is 0.512 e. The van der Waals surface area contributed by atoms with Crippen molar-refractivity contribution in [2.24, 2.45) is 0 Å². The average Bonchev–Trinajstić information content (AvgIpc) is 2.05. The molecule has 0 atom stereocenters. The van der Waals surface area contributed by atoms with Gasteiger partial charge in [-0.15, -0.1) is 0 Å². The Morgan fingerprint density at radius 1 is 1.27 bits per heavy atom. The largest absolute Gasteiger partial charge is 0.707 e. The highest BCUT2D eigenvalue weighted by Crippen LogP contribution is 2.33. The molecule has 1 aromatic rings. The lowest BCUT2D eigenvalue weighted by Gasteiger charge is -2.12. The fourth-order valence-electron chi connectivity index (χ4n) is 1.10. The third-order valence-electron chi connectivity index (χ3n) is 1.76. The van der Waals surface area contributed by atoms with Crippen molar-refractivity contribution in [1.29, 1.82) is 0 Å². The Balaban J connectivity index is 3.06. The number of benzene rings is 1. The van der Waals surface area contributed by atoms with Crippen molar-refractivity contribution in [3.8, 4) is 5.75 Å². The molecule has 1 aromatic carbocycles. The molecule has 0 aromatic heterocycles. The Kier molecular flexibility index (Phi) is 3.26. The van der Waals surface area contributed by atoms with E-state index in [0.717, 1.165) is 6.07 Å². The first-order chi connectivity index (χ1) is 6.80. The summed E-state index contributed by atoms with van der Waals surface area (Å²) in [5.41, 5.74) is -0.817. The van der Waals surface area contributed by atoms with Gasteiger partial charge < -0.3 is 14.7 Å². The van der Waals surface area contributed by atoms with E-state index < -0.39 is 19.1 Å². The molecule has 0 heterocycles. The minimum absolute atomic E-state index is 0.0438. The fraction of sp³-hybridized carbons (Fsp3) is 0.250. The average molecular weight is 220 g/mol. The summed E-state index contributed by atoms with van der Waals surface area (Å²) in [5, 5.41) is 16.8. The molecule has 0 amide bonds. The van der Waals surface area contributed by atoms with Crippen LogP contribution in [0.3, 0.4) is 0 Å². The van der Waals surface area contributed by atoms with Crippen LogP contribution in [0.1, 0.15) is 11.1 Å². The zero-order chi connectivity index (χ0) is 11.6. The molecule has 82 valence electrons. The van der Waals surface area contributed by atoms with Gasteiger partial charge in [-0.25, -0.2) is 0 Å². The summed E-state index contributed by atoms with van der Waals surface area (Å²) in [6.45, 7) is 1.31. The molecule has 7 heteroatoms. The van der Waals surface area contributed by atoms with Crippen molar-refractivity contribution < 1.29 is 27.9 Å². The summed E-state index contributed by atoms with van der Waals surface area (Å²) in [5.74, 6) is -0.247. The molecule has 0 fully saturated rings. The number of hydrogen-bond acceptors (Lipinski definition) is 3. The Labute approximate surface area is 84.3 Å². The summed E-state index contributed by atoms with van der Waals surface area (Å²) >= 11 is 0. The first-order valence-corrected chi connectivity index (χ1v) is 4.01. The van der Waals surface area contributed by atoms with Crippen LogP contribution in [0.25, 0.3) is 0 Å². The van der Waals surface area contributed by atoms with Gasteiger partial charge in [0.25, 0.3) is 0 Å². The van der Waals surface area contributed by atoms with Crippen LogP contribution >= 0.6 is 0 Å². The van der Waals surface area contributed by atoms with E-state index in [-0.39, 0.29) is 11.3 Å². The van der Waals surface area contributed by atoms with Gasteiger partial charge in [0.15, 0.2) is 0 Å². The molecule has 15 heavy (non-hydrogen) atoms. The quantitative estimate of drug-likeness (QED) is 0.739. The molecule has 0 aliphatic heterocycles. The normalized spacial score (nSPS) is 11.3.